The van der Waals surface area contributed by atoms with Crippen LogP contribution in [-0.4, -0.2) is 39.0 Å². The summed E-state index contributed by atoms with van der Waals surface area (Å²) in [5.74, 6) is 0.756. The number of halogens is 1. The van der Waals surface area contributed by atoms with E-state index in [9.17, 15) is 9.18 Å². The van der Waals surface area contributed by atoms with E-state index >= 15 is 0 Å². The van der Waals surface area contributed by atoms with Crippen molar-refractivity contribution in [3.63, 3.8) is 0 Å². The number of benzene rings is 1. The van der Waals surface area contributed by atoms with E-state index in [4.69, 9.17) is 0 Å². The molecule has 0 radical (unpaired) electrons. The number of aryl methyl sites for hydroxylation is 1. The molecule has 3 heterocycles. The number of carbonyl (C=O) groups is 1. The third-order valence-electron chi connectivity index (χ3n) is 4.93. The van der Waals surface area contributed by atoms with E-state index in [1.165, 1.54) is 6.07 Å². The van der Waals surface area contributed by atoms with Crippen LogP contribution in [0.4, 0.5) is 15.9 Å². The molecule has 2 aromatic heterocycles. The van der Waals surface area contributed by atoms with Gasteiger partial charge in [0, 0.05) is 31.2 Å². The third-order valence-corrected chi connectivity index (χ3v) is 4.93. The van der Waals surface area contributed by atoms with Gasteiger partial charge in [0.05, 0.1) is 5.92 Å². The van der Waals surface area contributed by atoms with E-state index in [0.717, 1.165) is 25.2 Å². The molecule has 1 saturated heterocycles. The Morgan fingerprint density at radius 3 is 2.75 bits per heavy atom. The molecule has 1 atom stereocenters. The summed E-state index contributed by atoms with van der Waals surface area (Å²) in [5, 5.41) is 15.5. The van der Waals surface area contributed by atoms with Gasteiger partial charge < -0.3 is 10.2 Å². The maximum atomic E-state index is 13.7. The summed E-state index contributed by atoms with van der Waals surface area (Å²) in [7, 11) is 0. The van der Waals surface area contributed by atoms with Gasteiger partial charge in [-0.15, -0.1) is 10.2 Å². The average Bonchev–Trinajstić information content (AvgIpc) is 3.26. The first-order valence-electron chi connectivity index (χ1n) is 9.26. The van der Waals surface area contributed by atoms with Gasteiger partial charge in [-0.05, 0) is 55.7 Å². The Morgan fingerprint density at radius 1 is 1.21 bits per heavy atom. The Morgan fingerprint density at radius 2 is 2.04 bits per heavy atom. The van der Waals surface area contributed by atoms with Crippen molar-refractivity contribution in [2.24, 2.45) is 5.92 Å². The topological polar surface area (TPSA) is 75.9 Å². The molecule has 0 aliphatic carbocycles. The number of hydrogen-bond acceptors (Lipinski definition) is 5. The van der Waals surface area contributed by atoms with E-state index in [2.05, 4.69) is 25.5 Å². The lowest BCUT2D eigenvalue weighted by atomic mass is 9.97. The molecule has 144 valence electrons. The second-order valence-electron chi connectivity index (χ2n) is 6.94. The average molecular weight is 380 g/mol. The lowest BCUT2D eigenvalue weighted by Gasteiger charge is -2.32. The van der Waals surface area contributed by atoms with Gasteiger partial charge in [-0.25, -0.2) is 9.07 Å². The van der Waals surface area contributed by atoms with Crippen molar-refractivity contribution >= 4 is 17.4 Å². The van der Waals surface area contributed by atoms with Crippen molar-refractivity contribution in [3.05, 3.63) is 60.2 Å². The van der Waals surface area contributed by atoms with Crippen LogP contribution in [0, 0.1) is 18.7 Å². The zero-order valence-corrected chi connectivity index (χ0v) is 15.5. The van der Waals surface area contributed by atoms with Crippen LogP contribution in [0.25, 0.3) is 5.82 Å². The number of aromatic nitrogens is 4. The molecule has 1 unspecified atom stereocenters. The fourth-order valence-corrected chi connectivity index (χ4v) is 3.33. The lowest BCUT2D eigenvalue weighted by molar-refractivity contribution is -0.120. The quantitative estimate of drug-likeness (QED) is 0.753. The Balaban J connectivity index is 1.42. The molecule has 1 fully saturated rings. The number of carbonyl (C=O) groups excluding carboxylic acids is 1. The summed E-state index contributed by atoms with van der Waals surface area (Å²) in [5.41, 5.74) is 1.03. The van der Waals surface area contributed by atoms with Crippen LogP contribution in [-0.2, 0) is 4.79 Å². The van der Waals surface area contributed by atoms with Gasteiger partial charge in [0.1, 0.15) is 5.82 Å². The highest BCUT2D eigenvalue weighted by atomic mass is 19.1. The molecule has 3 aromatic rings. The zero-order chi connectivity index (χ0) is 19.5. The Hall–Kier alpha value is -3.29. The predicted molar refractivity (Wildman–Crippen MR) is 104 cm³/mol. The summed E-state index contributed by atoms with van der Waals surface area (Å²) in [6.45, 7) is 3.06. The highest BCUT2D eigenvalue weighted by molar-refractivity contribution is 5.93. The molecule has 4 rings (SSSR count). The molecule has 1 aliphatic heterocycles. The zero-order valence-electron chi connectivity index (χ0n) is 15.5. The van der Waals surface area contributed by atoms with Crippen LogP contribution < -0.4 is 10.2 Å². The van der Waals surface area contributed by atoms with Gasteiger partial charge in [-0.1, -0.05) is 6.07 Å². The molecule has 0 bridgehead atoms. The molecule has 0 saturated carbocycles. The minimum absolute atomic E-state index is 0.103. The number of nitrogens with zero attached hydrogens (tertiary/aromatic N) is 5. The van der Waals surface area contributed by atoms with Gasteiger partial charge in [0.2, 0.25) is 5.91 Å². The largest absolute Gasteiger partial charge is 0.354 e. The highest BCUT2D eigenvalue weighted by Gasteiger charge is 2.27. The summed E-state index contributed by atoms with van der Waals surface area (Å²) < 4.78 is 15.4. The second-order valence-corrected chi connectivity index (χ2v) is 6.94. The fourth-order valence-electron chi connectivity index (χ4n) is 3.33. The predicted octanol–water partition coefficient (Wildman–Crippen LogP) is 2.96. The SMILES string of the molecule is Cc1ccc(NC(=O)C2CCCN(c3ccc(-n4cccn4)nn3)C2)cc1F. The van der Waals surface area contributed by atoms with Gasteiger partial charge in [0.25, 0.3) is 0 Å². The summed E-state index contributed by atoms with van der Waals surface area (Å²) in [6.07, 6.45) is 5.15. The molecule has 1 amide bonds. The van der Waals surface area contributed by atoms with Crippen LogP contribution in [0.1, 0.15) is 18.4 Å². The van der Waals surface area contributed by atoms with E-state index < -0.39 is 0 Å². The maximum absolute atomic E-state index is 13.7. The van der Waals surface area contributed by atoms with Crippen LogP contribution >= 0.6 is 0 Å². The Kier molecular flexibility index (Phi) is 5.01. The standard InChI is InChI=1S/C20H21FN6O/c1-14-5-6-16(12-17(14)21)23-20(28)15-4-2-10-26(13-15)18-7-8-19(25-24-18)27-11-3-9-22-27/h3,5-9,11-12,15H,2,4,10,13H2,1H3,(H,23,28). The van der Waals surface area contributed by atoms with Crippen LogP contribution in [0.2, 0.25) is 0 Å². The van der Waals surface area contributed by atoms with Crippen molar-refractivity contribution in [3.8, 4) is 5.82 Å². The molecular weight excluding hydrogens is 359 g/mol. The van der Waals surface area contributed by atoms with E-state index in [1.54, 1.807) is 36.1 Å². The van der Waals surface area contributed by atoms with Crippen molar-refractivity contribution in [2.75, 3.05) is 23.3 Å². The van der Waals surface area contributed by atoms with Crippen molar-refractivity contribution in [2.45, 2.75) is 19.8 Å². The Bertz CT molecular complexity index is 957. The van der Waals surface area contributed by atoms with Crippen LogP contribution in [0.3, 0.4) is 0 Å². The van der Waals surface area contributed by atoms with Gasteiger partial charge in [-0.2, -0.15) is 5.10 Å². The molecule has 7 nitrogen and oxygen atoms in total. The van der Waals surface area contributed by atoms with E-state index in [0.29, 0.717) is 23.6 Å². The molecular formula is C20H21FN6O. The summed E-state index contributed by atoms with van der Waals surface area (Å²) in [6, 6.07) is 10.3. The number of nitrogens with one attached hydrogen (secondary N) is 1. The molecule has 0 spiro atoms. The third kappa shape index (κ3) is 3.85. The number of piperidine rings is 1. The van der Waals surface area contributed by atoms with E-state index in [-0.39, 0.29) is 17.6 Å². The molecule has 28 heavy (non-hydrogen) atoms. The normalized spacial score (nSPS) is 16.8. The fraction of sp³-hybridized carbons (Fsp3) is 0.300. The van der Waals surface area contributed by atoms with Gasteiger partial charge >= 0.3 is 0 Å². The second kappa shape index (κ2) is 7.75. The number of anilines is 2. The van der Waals surface area contributed by atoms with Crippen molar-refractivity contribution in [1.82, 2.24) is 20.0 Å². The monoisotopic (exact) mass is 380 g/mol. The van der Waals surface area contributed by atoms with Crippen LogP contribution in [0.15, 0.2) is 48.8 Å². The smallest absolute Gasteiger partial charge is 0.229 e. The summed E-state index contributed by atoms with van der Waals surface area (Å²) in [4.78, 5) is 14.7. The maximum Gasteiger partial charge on any atom is 0.229 e. The van der Waals surface area contributed by atoms with Gasteiger partial charge in [0.15, 0.2) is 11.6 Å². The first-order valence-corrected chi connectivity index (χ1v) is 9.26. The van der Waals surface area contributed by atoms with E-state index in [1.807, 2.05) is 18.2 Å². The van der Waals surface area contributed by atoms with Crippen LogP contribution in [0.5, 0.6) is 0 Å². The minimum atomic E-state index is -0.324. The molecule has 1 N–H and O–H groups in total. The first kappa shape index (κ1) is 18.1. The number of rotatable bonds is 4. The van der Waals surface area contributed by atoms with Crippen molar-refractivity contribution < 1.29 is 9.18 Å². The summed E-state index contributed by atoms with van der Waals surface area (Å²) >= 11 is 0. The van der Waals surface area contributed by atoms with Gasteiger partial charge in [-0.3, -0.25) is 4.79 Å². The number of amides is 1. The lowest BCUT2D eigenvalue weighted by Crippen LogP contribution is -2.41. The minimum Gasteiger partial charge on any atom is -0.354 e. The molecule has 1 aromatic carbocycles. The molecule has 8 heteroatoms. The highest BCUT2D eigenvalue weighted by Crippen LogP contribution is 2.23. The Labute approximate surface area is 162 Å². The number of hydrogen-bond donors (Lipinski definition) is 1. The molecule has 1 aliphatic rings. The van der Waals surface area contributed by atoms with Crippen molar-refractivity contribution in [1.29, 1.82) is 0 Å². The first-order chi connectivity index (χ1) is 13.6.